The Bertz CT molecular complexity index is 245. The lowest BCUT2D eigenvalue weighted by molar-refractivity contribution is -0.387. The molecule has 0 aromatic carbocycles. The van der Waals surface area contributed by atoms with Gasteiger partial charge in [0.1, 0.15) is 5.56 Å². The van der Waals surface area contributed by atoms with Crippen molar-refractivity contribution in [2.24, 2.45) is 0 Å². The van der Waals surface area contributed by atoms with E-state index in [1.807, 2.05) is 6.92 Å². The first-order valence-electron chi connectivity index (χ1n) is 2.92. The molecule has 1 aromatic heterocycles. The van der Waals surface area contributed by atoms with Crippen LogP contribution in [0, 0.1) is 6.92 Å². The Kier molecular flexibility index (Phi) is 3.54. The number of carboxylic acid groups (broad SMARTS) is 1. The number of nitrogens with one attached hydrogen (secondary N) is 1. The molecular formula is C7H8ClNO2. The van der Waals surface area contributed by atoms with Gasteiger partial charge in [-0.25, -0.2) is 9.78 Å². The van der Waals surface area contributed by atoms with E-state index in [-0.39, 0.29) is 18.0 Å². The Morgan fingerprint density at radius 3 is 2.55 bits per heavy atom. The summed E-state index contributed by atoms with van der Waals surface area (Å²) < 4.78 is 0. The lowest BCUT2D eigenvalue weighted by atomic mass is 10.3. The zero-order valence-electron chi connectivity index (χ0n) is 5.97. The van der Waals surface area contributed by atoms with Crippen LogP contribution in [0.5, 0.6) is 0 Å². The summed E-state index contributed by atoms with van der Waals surface area (Å²) in [6.45, 7) is 1.87. The SMILES string of the molecule is Cc1ccc(C(=O)O)c[nH+]1.[Cl-]. The molecule has 1 aromatic rings. The van der Waals surface area contributed by atoms with Gasteiger partial charge in [0.25, 0.3) is 0 Å². The standard InChI is InChI=1S/C7H7NO2.ClH/c1-5-2-3-6(4-8-5)7(9)10;/h2-4H,1H3,(H,9,10);1H. The minimum absolute atomic E-state index is 0. The van der Waals surface area contributed by atoms with E-state index in [1.165, 1.54) is 6.20 Å². The molecule has 0 aliphatic carbocycles. The first kappa shape index (κ1) is 9.91. The number of aromatic nitrogens is 1. The first-order chi connectivity index (χ1) is 4.70. The fraction of sp³-hybridized carbons (Fsp3) is 0.143. The van der Waals surface area contributed by atoms with Crippen molar-refractivity contribution in [2.75, 3.05) is 0 Å². The molecule has 0 spiro atoms. The van der Waals surface area contributed by atoms with Crippen LogP contribution < -0.4 is 17.4 Å². The summed E-state index contributed by atoms with van der Waals surface area (Å²) in [5.74, 6) is -0.906. The van der Waals surface area contributed by atoms with Crippen molar-refractivity contribution in [1.82, 2.24) is 0 Å². The van der Waals surface area contributed by atoms with Crippen molar-refractivity contribution in [3.63, 3.8) is 0 Å². The van der Waals surface area contributed by atoms with Gasteiger partial charge in [-0.05, 0) is 6.07 Å². The van der Waals surface area contributed by atoms with Crippen LogP contribution in [0.4, 0.5) is 0 Å². The van der Waals surface area contributed by atoms with E-state index in [0.29, 0.717) is 0 Å². The maximum Gasteiger partial charge on any atom is 0.341 e. The molecule has 1 heterocycles. The maximum absolute atomic E-state index is 10.3. The van der Waals surface area contributed by atoms with Gasteiger partial charge >= 0.3 is 5.97 Å². The van der Waals surface area contributed by atoms with Crippen molar-refractivity contribution >= 4 is 5.97 Å². The number of aromatic carboxylic acids is 1. The molecule has 0 saturated carbocycles. The molecule has 0 aliphatic rings. The van der Waals surface area contributed by atoms with Crippen LogP contribution in [-0.2, 0) is 0 Å². The number of hydrogen-bond acceptors (Lipinski definition) is 1. The Hall–Kier alpha value is -1.09. The topological polar surface area (TPSA) is 51.4 Å². The molecule has 1 rings (SSSR count). The third kappa shape index (κ3) is 2.55. The Balaban J connectivity index is 0.000001000. The lowest BCUT2D eigenvalue weighted by Crippen LogP contribution is -3.00. The van der Waals surface area contributed by atoms with Gasteiger partial charge in [-0.2, -0.15) is 0 Å². The highest BCUT2D eigenvalue weighted by Gasteiger charge is 2.04. The summed E-state index contributed by atoms with van der Waals surface area (Å²) in [7, 11) is 0. The van der Waals surface area contributed by atoms with Crippen LogP contribution in [0.3, 0.4) is 0 Å². The van der Waals surface area contributed by atoms with Crippen molar-refractivity contribution < 1.29 is 27.3 Å². The number of carboxylic acids is 1. The quantitative estimate of drug-likeness (QED) is 0.511. The number of aryl methyl sites for hydroxylation is 1. The molecule has 11 heavy (non-hydrogen) atoms. The molecule has 0 amide bonds. The minimum Gasteiger partial charge on any atom is -1.00 e. The number of hydrogen-bond donors (Lipinski definition) is 1. The second-order valence-corrected chi connectivity index (χ2v) is 2.07. The van der Waals surface area contributed by atoms with E-state index in [4.69, 9.17) is 5.11 Å². The summed E-state index contributed by atoms with van der Waals surface area (Å²) in [6, 6.07) is 3.29. The molecular weight excluding hydrogens is 166 g/mol. The maximum atomic E-state index is 10.3. The highest BCUT2D eigenvalue weighted by atomic mass is 35.5. The van der Waals surface area contributed by atoms with Crippen molar-refractivity contribution in [1.29, 1.82) is 0 Å². The molecule has 0 fully saturated rings. The number of pyridine rings is 1. The van der Waals surface area contributed by atoms with Gasteiger partial charge in [-0.15, -0.1) is 0 Å². The molecule has 2 N–H and O–H groups in total. The first-order valence-corrected chi connectivity index (χ1v) is 2.92. The van der Waals surface area contributed by atoms with E-state index in [2.05, 4.69) is 4.98 Å². The van der Waals surface area contributed by atoms with Gasteiger partial charge in [-0.1, -0.05) is 0 Å². The monoisotopic (exact) mass is 173 g/mol. The molecule has 3 nitrogen and oxygen atoms in total. The second kappa shape index (κ2) is 3.93. The summed E-state index contributed by atoms with van der Waals surface area (Å²) in [5, 5.41) is 8.46. The Morgan fingerprint density at radius 2 is 2.18 bits per heavy atom. The molecule has 4 heteroatoms. The van der Waals surface area contributed by atoms with Crippen LogP contribution in [0.15, 0.2) is 18.3 Å². The number of rotatable bonds is 1. The van der Waals surface area contributed by atoms with Crippen molar-refractivity contribution in [2.45, 2.75) is 6.92 Å². The van der Waals surface area contributed by atoms with Crippen LogP contribution in [-0.4, -0.2) is 11.1 Å². The van der Waals surface area contributed by atoms with Crippen LogP contribution in [0.1, 0.15) is 16.1 Å². The number of carbonyl (C=O) groups is 1. The largest absolute Gasteiger partial charge is 1.00 e. The third-order valence-corrected chi connectivity index (χ3v) is 1.22. The predicted octanol–water partition coefficient (Wildman–Crippen LogP) is -2.49. The average molecular weight is 174 g/mol. The van der Waals surface area contributed by atoms with Crippen LogP contribution >= 0.6 is 0 Å². The van der Waals surface area contributed by atoms with Crippen molar-refractivity contribution in [3.05, 3.63) is 29.6 Å². The van der Waals surface area contributed by atoms with Gasteiger partial charge < -0.3 is 17.5 Å². The highest BCUT2D eigenvalue weighted by Crippen LogP contribution is 1.94. The summed E-state index contributed by atoms with van der Waals surface area (Å²) in [6.07, 6.45) is 1.47. The van der Waals surface area contributed by atoms with Crippen LogP contribution in [0.2, 0.25) is 0 Å². The van der Waals surface area contributed by atoms with Crippen molar-refractivity contribution in [3.8, 4) is 0 Å². The lowest BCUT2D eigenvalue weighted by Gasteiger charge is -1.86. The van der Waals surface area contributed by atoms with E-state index in [1.54, 1.807) is 12.1 Å². The molecule has 60 valence electrons. The molecule has 0 unspecified atom stereocenters. The second-order valence-electron chi connectivity index (χ2n) is 2.07. The minimum atomic E-state index is -0.906. The summed E-state index contributed by atoms with van der Waals surface area (Å²) in [4.78, 5) is 13.1. The zero-order valence-corrected chi connectivity index (χ0v) is 6.72. The molecule has 0 radical (unpaired) electrons. The normalized spacial score (nSPS) is 8.45. The van der Waals surface area contributed by atoms with Gasteiger partial charge in [0.2, 0.25) is 0 Å². The fourth-order valence-electron chi connectivity index (χ4n) is 0.636. The molecule has 0 aliphatic heterocycles. The van der Waals surface area contributed by atoms with Gasteiger partial charge in [0.05, 0.1) is 0 Å². The summed E-state index contributed by atoms with van der Waals surface area (Å²) in [5.41, 5.74) is 1.23. The van der Waals surface area contributed by atoms with Crippen LogP contribution in [0.25, 0.3) is 0 Å². The van der Waals surface area contributed by atoms with Gasteiger partial charge in [-0.3, -0.25) is 0 Å². The number of H-pyrrole nitrogens is 1. The highest BCUT2D eigenvalue weighted by molar-refractivity contribution is 5.86. The fourth-order valence-corrected chi connectivity index (χ4v) is 0.636. The Labute approximate surface area is 70.5 Å². The number of aromatic amines is 1. The third-order valence-electron chi connectivity index (χ3n) is 1.22. The van der Waals surface area contributed by atoms with E-state index >= 15 is 0 Å². The molecule has 0 atom stereocenters. The smallest absolute Gasteiger partial charge is 0.341 e. The van der Waals surface area contributed by atoms with E-state index < -0.39 is 5.97 Å². The Morgan fingerprint density at radius 1 is 1.55 bits per heavy atom. The summed E-state index contributed by atoms with van der Waals surface area (Å²) >= 11 is 0. The predicted molar refractivity (Wildman–Crippen MR) is 34.7 cm³/mol. The van der Waals surface area contributed by atoms with Gasteiger partial charge in [0, 0.05) is 13.0 Å². The number of halogens is 1. The average Bonchev–Trinajstić information content (AvgIpc) is 1.88. The van der Waals surface area contributed by atoms with E-state index in [9.17, 15) is 4.79 Å². The zero-order chi connectivity index (χ0) is 7.56. The molecule has 0 saturated heterocycles. The molecule has 0 bridgehead atoms. The van der Waals surface area contributed by atoms with E-state index in [0.717, 1.165) is 5.69 Å². The van der Waals surface area contributed by atoms with Gasteiger partial charge in [0.15, 0.2) is 11.9 Å².